The van der Waals surface area contributed by atoms with E-state index in [1.54, 1.807) is 13.1 Å². The fourth-order valence-corrected chi connectivity index (χ4v) is 4.08. The number of ether oxygens (including phenoxy) is 1. The summed E-state index contributed by atoms with van der Waals surface area (Å²) in [6.07, 6.45) is 2.70. The van der Waals surface area contributed by atoms with Gasteiger partial charge in [-0.1, -0.05) is 48.5 Å². The van der Waals surface area contributed by atoms with Crippen LogP contribution in [0.1, 0.15) is 32.3 Å². The third-order valence-electron chi connectivity index (χ3n) is 5.72. The number of hydrogen-bond acceptors (Lipinski definition) is 4. The molecule has 1 aliphatic rings. The van der Waals surface area contributed by atoms with Gasteiger partial charge in [0.05, 0.1) is 0 Å². The topological polar surface area (TPSA) is 68.5 Å². The van der Waals surface area contributed by atoms with E-state index in [4.69, 9.17) is 10.5 Å². The van der Waals surface area contributed by atoms with Gasteiger partial charge in [-0.15, -0.1) is 0 Å². The summed E-state index contributed by atoms with van der Waals surface area (Å²) >= 11 is 0. The van der Waals surface area contributed by atoms with Gasteiger partial charge in [0.2, 0.25) is 0 Å². The van der Waals surface area contributed by atoms with E-state index >= 15 is 0 Å². The quantitative estimate of drug-likeness (QED) is 0.704. The van der Waals surface area contributed by atoms with Crippen molar-refractivity contribution in [1.29, 1.82) is 0 Å². The predicted molar refractivity (Wildman–Crippen MR) is 120 cm³/mol. The fourth-order valence-electron chi connectivity index (χ4n) is 4.08. The molecule has 0 aliphatic carbocycles. The van der Waals surface area contributed by atoms with Crippen LogP contribution in [0.25, 0.3) is 16.6 Å². The van der Waals surface area contributed by atoms with E-state index in [2.05, 4.69) is 11.9 Å². The summed E-state index contributed by atoms with van der Waals surface area (Å²) in [7, 11) is 0. The predicted octanol–water partition coefficient (Wildman–Crippen LogP) is 4.38. The lowest BCUT2D eigenvalue weighted by molar-refractivity contribution is -0.140. The van der Waals surface area contributed by atoms with Crippen LogP contribution in [0.2, 0.25) is 0 Å². The van der Waals surface area contributed by atoms with Crippen LogP contribution in [0.3, 0.4) is 0 Å². The Labute approximate surface area is 177 Å². The van der Waals surface area contributed by atoms with Crippen molar-refractivity contribution in [1.82, 2.24) is 9.88 Å². The number of likely N-dealkylation sites (tertiary alicyclic amines) is 1. The summed E-state index contributed by atoms with van der Waals surface area (Å²) in [5.74, 6) is 0.625. The van der Waals surface area contributed by atoms with Gasteiger partial charge < -0.3 is 15.4 Å². The molecule has 2 heterocycles. The number of rotatable bonds is 4. The highest BCUT2D eigenvalue weighted by molar-refractivity contribution is 5.86. The lowest BCUT2D eigenvalue weighted by Crippen LogP contribution is -2.48. The summed E-state index contributed by atoms with van der Waals surface area (Å²) in [5.41, 5.74) is 10.3. The Balaban J connectivity index is 1.46. The SMILES string of the molecule is CC(Oc1cccc2cccnc12)C(=O)N1CC/C(=C(\N)c2ccccc2)CC1C. The Kier molecular flexibility index (Phi) is 5.70. The maximum absolute atomic E-state index is 13.1. The number of nitrogens with two attached hydrogens (primary N) is 1. The molecule has 0 saturated carbocycles. The largest absolute Gasteiger partial charge is 0.479 e. The Bertz CT molecular complexity index is 1070. The Morgan fingerprint density at radius 1 is 1.13 bits per heavy atom. The summed E-state index contributed by atoms with van der Waals surface area (Å²) < 4.78 is 6.04. The molecule has 1 aliphatic heterocycles. The van der Waals surface area contributed by atoms with Gasteiger partial charge in [-0.05, 0) is 50.0 Å². The number of amides is 1. The number of pyridine rings is 1. The third kappa shape index (κ3) is 4.01. The van der Waals surface area contributed by atoms with Gasteiger partial charge in [0, 0.05) is 29.9 Å². The maximum Gasteiger partial charge on any atom is 0.263 e. The van der Waals surface area contributed by atoms with Crippen LogP contribution in [0.5, 0.6) is 5.75 Å². The molecule has 0 spiro atoms. The van der Waals surface area contributed by atoms with Gasteiger partial charge in [-0.3, -0.25) is 9.78 Å². The first-order valence-corrected chi connectivity index (χ1v) is 10.4. The minimum absolute atomic E-state index is 0.00670. The van der Waals surface area contributed by atoms with Gasteiger partial charge in [0.25, 0.3) is 5.91 Å². The van der Waals surface area contributed by atoms with Crippen molar-refractivity contribution in [2.75, 3.05) is 6.54 Å². The smallest absolute Gasteiger partial charge is 0.263 e. The van der Waals surface area contributed by atoms with E-state index in [1.165, 1.54) is 5.57 Å². The van der Waals surface area contributed by atoms with Crippen LogP contribution in [0, 0.1) is 0 Å². The van der Waals surface area contributed by atoms with Crippen LogP contribution in [-0.2, 0) is 4.79 Å². The van der Waals surface area contributed by atoms with Crippen LogP contribution in [0.15, 0.2) is 72.4 Å². The molecule has 2 aromatic carbocycles. The first-order valence-electron chi connectivity index (χ1n) is 10.4. The molecule has 4 rings (SSSR count). The number of carbonyl (C=O) groups excluding carboxylic acids is 1. The third-order valence-corrected chi connectivity index (χ3v) is 5.72. The standard InChI is InChI=1S/C25H27N3O2/c1-17-16-21(23(26)19-8-4-3-5-9-19)13-15-28(17)25(29)18(2)30-22-12-6-10-20-11-7-14-27-24(20)22/h3-12,14,17-18H,13,15-16,26H2,1-2H3/b23-21+. The maximum atomic E-state index is 13.1. The average Bonchev–Trinajstić information content (AvgIpc) is 2.79. The molecule has 1 aromatic heterocycles. The molecule has 0 bridgehead atoms. The van der Waals surface area contributed by atoms with Crippen molar-refractivity contribution >= 4 is 22.5 Å². The number of fused-ring (bicyclic) bond motifs is 1. The zero-order valence-electron chi connectivity index (χ0n) is 17.4. The molecule has 3 aromatic rings. The second kappa shape index (κ2) is 8.57. The molecule has 2 N–H and O–H groups in total. The fraction of sp³-hybridized carbons (Fsp3) is 0.280. The first kappa shape index (κ1) is 20.0. The highest BCUT2D eigenvalue weighted by Crippen LogP contribution is 2.29. The van der Waals surface area contributed by atoms with E-state index in [0.717, 1.165) is 35.0 Å². The molecule has 1 saturated heterocycles. The second-order valence-electron chi connectivity index (χ2n) is 7.81. The monoisotopic (exact) mass is 401 g/mol. The van der Waals surface area contributed by atoms with E-state index < -0.39 is 6.10 Å². The Morgan fingerprint density at radius 2 is 1.90 bits per heavy atom. The minimum Gasteiger partial charge on any atom is -0.479 e. The lowest BCUT2D eigenvalue weighted by atomic mass is 9.93. The van der Waals surface area contributed by atoms with E-state index in [9.17, 15) is 4.79 Å². The van der Waals surface area contributed by atoms with Crippen molar-refractivity contribution in [2.45, 2.75) is 38.8 Å². The highest BCUT2D eigenvalue weighted by Gasteiger charge is 2.31. The number of hydrogen-bond donors (Lipinski definition) is 1. The van der Waals surface area contributed by atoms with Crippen molar-refractivity contribution in [3.8, 4) is 5.75 Å². The summed E-state index contributed by atoms with van der Waals surface area (Å²) in [6, 6.07) is 19.7. The summed E-state index contributed by atoms with van der Waals surface area (Å²) in [5, 5.41) is 0.993. The molecule has 154 valence electrons. The normalized spacial score (nSPS) is 19.4. The van der Waals surface area contributed by atoms with Gasteiger partial charge in [0.15, 0.2) is 6.10 Å². The zero-order valence-corrected chi connectivity index (χ0v) is 17.4. The number of carbonyl (C=O) groups is 1. The molecular formula is C25H27N3O2. The van der Waals surface area contributed by atoms with Crippen molar-refractivity contribution in [2.24, 2.45) is 5.73 Å². The number of para-hydroxylation sites is 1. The van der Waals surface area contributed by atoms with Crippen molar-refractivity contribution in [3.05, 3.63) is 78.0 Å². The molecule has 5 heteroatoms. The molecule has 5 nitrogen and oxygen atoms in total. The Morgan fingerprint density at radius 3 is 2.67 bits per heavy atom. The minimum atomic E-state index is -0.586. The van der Waals surface area contributed by atoms with Crippen molar-refractivity contribution in [3.63, 3.8) is 0 Å². The summed E-state index contributed by atoms with van der Waals surface area (Å²) in [6.45, 7) is 4.52. The average molecular weight is 402 g/mol. The van der Waals surface area contributed by atoms with Gasteiger partial charge in [-0.2, -0.15) is 0 Å². The van der Waals surface area contributed by atoms with Gasteiger partial charge in [-0.25, -0.2) is 0 Å². The lowest BCUT2D eigenvalue weighted by Gasteiger charge is -2.37. The second-order valence-corrected chi connectivity index (χ2v) is 7.81. The molecule has 2 unspecified atom stereocenters. The van der Waals surface area contributed by atoms with E-state index in [1.807, 2.05) is 65.6 Å². The van der Waals surface area contributed by atoms with Crippen LogP contribution < -0.4 is 10.5 Å². The number of piperidine rings is 1. The molecule has 30 heavy (non-hydrogen) atoms. The number of benzene rings is 2. The van der Waals surface area contributed by atoms with Crippen LogP contribution in [0.4, 0.5) is 0 Å². The van der Waals surface area contributed by atoms with Crippen LogP contribution in [-0.4, -0.2) is 34.5 Å². The molecule has 1 fully saturated rings. The molecule has 2 atom stereocenters. The van der Waals surface area contributed by atoms with E-state index in [0.29, 0.717) is 12.3 Å². The number of nitrogens with zero attached hydrogens (tertiary/aromatic N) is 2. The van der Waals surface area contributed by atoms with Crippen molar-refractivity contribution < 1.29 is 9.53 Å². The first-order chi connectivity index (χ1) is 14.5. The van der Waals surface area contributed by atoms with Crippen LogP contribution >= 0.6 is 0 Å². The van der Waals surface area contributed by atoms with Gasteiger partial charge in [0.1, 0.15) is 11.3 Å². The molecule has 0 radical (unpaired) electrons. The molecular weight excluding hydrogens is 374 g/mol. The van der Waals surface area contributed by atoms with E-state index in [-0.39, 0.29) is 11.9 Å². The van der Waals surface area contributed by atoms with Gasteiger partial charge >= 0.3 is 0 Å². The Hall–Kier alpha value is -3.34. The number of aromatic nitrogens is 1. The molecule has 1 amide bonds. The highest BCUT2D eigenvalue weighted by atomic mass is 16.5. The summed E-state index contributed by atoms with van der Waals surface area (Å²) in [4.78, 5) is 19.4. The zero-order chi connectivity index (χ0) is 21.1.